The fourth-order valence-corrected chi connectivity index (χ4v) is 2.63. The highest BCUT2D eigenvalue weighted by Gasteiger charge is 2.35. The van der Waals surface area contributed by atoms with Crippen molar-refractivity contribution in [1.29, 1.82) is 0 Å². The van der Waals surface area contributed by atoms with E-state index in [0.29, 0.717) is 23.2 Å². The standard InChI is InChI=1S/C18H16F3N3O2/c1-2-23-17(25)10-3-4-15(24-9-10)11-5-12-6-13(8-22)26-16(12)14(7-11)18(19,20)21/h3-7,9H,2,8,22H2,1H3,(H,23,25). The van der Waals surface area contributed by atoms with Gasteiger partial charge in [-0.3, -0.25) is 9.78 Å². The summed E-state index contributed by atoms with van der Waals surface area (Å²) >= 11 is 0. The number of hydrogen-bond donors (Lipinski definition) is 2. The van der Waals surface area contributed by atoms with Gasteiger partial charge >= 0.3 is 6.18 Å². The predicted molar refractivity (Wildman–Crippen MR) is 90.3 cm³/mol. The van der Waals surface area contributed by atoms with E-state index in [1.54, 1.807) is 13.0 Å². The summed E-state index contributed by atoms with van der Waals surface area (Å²) in [6, 6.07) is 7.06. The molecular weight excluding hydrogens is 347 g/mol. The number of pyridine rings is 1. The lowest BCUT2D eigenvalue weighted by Gasteiger charge is -2.10. The van der Waals surface area contributed by atoms with Gasteiger partial charge in [-0.25, -0.2) is 0 Å². The number of hydrogen-bond acceptors (Lipinski definition) is 4. The fourth-order valence-electron chi connectivity index (χ4n) is 2.63. The van der Waals surface area contributed by atoms with E-state index in [9.17, 15) is 18.0 Å². The molecule has 2 heterocycles. The van der Waals surface area contributed by atoms with Crippen molar-refractivity contribution in [1.82, 2.24) is 10.3 Å². The van der Waals surface area contributed by atoms with Crippen LogP contribution in [0, 0.1) is 0 Å². The summed E-state index contributed by atoms with van der Waals surface area (Å²) in [6.45, 7) is 2.26. The highest BCUT2D eigenvalue weighted by Crippen LogP contribution is 2.39. The largest absolute Gasteiger partial charge is 0.459 e. The second-order valence-corrected chi connectivity index (χ2v) is 5.65. The molecule has 136 valence electrons. The van der Waals surface area contributed by atoms with E-state index in [1.165, 1.54) is 24.4 Å². The van der Waals surface area contributed by atoms with E-state index in [0.717, 1.165) is 6.07 Å². The van der Waals surface area contributed by atoms with Gasteiger partial charge in [0.2, 0.25) is 0 Å². The Labute approximate surface area is 147 Å². The summed E-state index contributed by atoms with van der Waals surface area (Å²) in [7, 11) is 0. The number of nitrogens with two attached hydrogens (primary N) is 1. The average Bonchev–Trinajstić information content (AvgIpc) is 3.03. The van der Waals surface area contributed by atoms with Crippen LogP contribution in [0.2, 0.25) is 0 Å². The maximum atomic E-state index is 13.4. The van der Waals surface area contributed by atoms with Gasteiger partial charge in [-0.1, -0.05) is 0 Å². The lowest BCUT2D eigenvalue weighted by atomic mass is 10.0. The molecule has 0 spiro atoms. The second kappa shape index (κ2) is 6.80. The zero-order valence-corrected chi connectivity index (χ0v) is 13.9. The van der Waals surface area contributed by atoms with Crippen LogP contribution >= 0.6 is 0 Å². The molecule has 26 heavy (non-hydrogen) atoms. The third-order valence-corrected chi connectivity index (χ3v) is 3.83. The Hall–Kier alpha value is -2.87. The van der Waals surface area contributed by atoms with E-state index in [2.05, 4.69) is 10.3 Å². The monoisotopic (exact) mass is 363 g/mol. The summed E-state index contributed by atoms with van der Waals surface area (Å²) in [5.41, 5.74) is 5.26. The number of nitrogens with zero attached hydrogens (tertiary/aromatic N) is 1. The van der Waals surface area contributed by atoms with Crippen LogP contribution in [-0.2, 0) is 12.7 Å². The van der Waals surface area contributed by atoms with Crippen LogP contribution in [0.4, 0.5) is 13.2 Å². The average molecular weight is 363 g/mol. The molecule has 0 fully saturated rings. The molecule has 1 aromatic carbocycles. The molecular formula is C18H16F3N3O2. The molecule has 0 unspecified atom stereocenters. The molecule has 0 aliphatic rings. The van der Waals surface area contributed by atoms with Crippen molar-refractivity contribution in [3.05, 3.63) is 53.4 Å². The van der Waals surface area contributed by atoms with E-state index < -0.39 is 11.7 Å². The number of aromatic nitrogens is 1. The third-order valence-electron chi connectivity index (χ3n) is 3.83. The van der Waals surface area contributed by atoms with Gasteiger partial charge in [0.1, 0.15) is 11.3 Å². The summed E-state index contributed by atoms with van der Waals surface area (Å²) < 4.78 is 45.5. The first kappa shape index (κ1) is 17.9. The maximum absolute atomic E-state index is 13.4. The van der Waals surface area contributed by atoms with Gasteiger partial charge in [0.25, 0.3) is 5.91 Å². The van der Waals surface area contributed by atoms with Crippen LogP contribution in [0.5, 0.6) is 0 Å². The molecule has 1 amide bonds. The molecule has 0 aliphatic carbocycles. The maximum Gasteiger partial charge on any atom is 0.420 e. The molecule has 5 nitrogen and oxygen atoms in total. The van der Waals surface area contributed by atoms with Crippen molar-refractivity contribution >= 4 is 16.9 Å². The number of nitrogens with one attached hydrogen (secondary N) is 1. The van der Waals surface area contributed by atoms with E-state index in [4.69, 9.17) is 10.2 Å². The minimum Gasteiger partial charge on any atom is -0.459 e. The number of rotatable bonds is 4. The molecule has 0 atom stereocenters. The minimum absolute atomic E-state index is 0.000791. The molecule has 0 bridgehead atoms. The molecule has 3 N–H and O–H groups in total. The van der Waals surface area contributed by atoms with E-state index >= 15 is 0 Å². The van der Waals surface area contributed by atoms with Gasteiger partial charge < -0.3 is 15.5 Å². The molecule has 3 aromatic rings. The topological polar surface area (TPSA) is 81.2 Å². The number of carbonyl (C=O) groups is 1. The highest BCUT2D eigenvalue weighted by molar-refractivity contribution is 5.94. The van der Waals surface area contributed by atoms with Crippen LogP contribution < -0.4 is 11.1 Å². The van der Waals surface area contributed by atoms with Gasteiger partial charge in [0.05, 0.1) is 23.4 Å². The van der Waals surface area contributed by atoms with Crippen molar-refractivity contribution in [3.63, 3.8) is 0 Å². The fraction of sp³-hybridized carbons (Fsp3) is 0.222. The molecule has 0 saturated heterocycles. The molecule has 8 heteroatoms. The Morgan fingerprint density at radius 1 is 1.27 bits per heavy atom. The zero-order chi connectivity index (χ0) is 18.9. The SMILES string of the molecule is CCNC(=O)c1ccc(-c2cc(C(F)(F)F)c3oc(CN)cc3c2)nc1. The molecule has 3 rings (SSSR count). The van der Waals surface area contributed by atoms with Crippen molar-refractivity contribution in [2.75, 3.05) is 6.54 Å². The number of halogens is 3. The minimum atomic E-state index is -4.58. The summed E-state index contributed by atoms with van der Waals surface area (Å²) in [6.07, 6.45) is -3.25. The first-order valence-corrected chi connectivity index (χ1v) is 7.91. The van der Waals surface area contributed by atoms with Crippen LogP contribution in [0.25, 0.3) is 22.2 Å². The molecule has 0 aliphatic heterocycles. The Kier molecular flexibility index (Phi) is 4.69. The van der Waals surface area contributed by atoms with Crippen LogP contribution in [-0.4, -0.2) is 17.4 Å². The van der Waals surface area contributed by atoms with Crippen LogP contribution in [0.1, 0.15) is 28.6 Å². The Morgan fingerprint density at radius 3 is 2.62 bits per heavy atom. The molecule has 0 radical (unpaired) electrons. The lowest BCUT2D eigenvalue weighted by Crippen LogP contribution is -2.22. The Morgan fingerprint density at radius 2 is 2.04 bits per heavy atom. The highest BCUT2D eigenvalue weighted by atomic mass is 19.4. The summed E-state index contributed by atoms with van der Waals surface area (Å²) in [5.74, 6) is -0.0254. The van der Waals surface area contributed by atoms with Gasteiger partial charge in [0, 0.05) is 23.7 Å². The normalized spacial score (nSPS) is 11.7. The van der Waals surface area contributed by atoms with Crippen LogP contribution in [0.3, 0.4) is 0 Å². The van der Waals surface area contributed by atoms with Crippen molar-refractivity contribution < 1.29 is 22.4 Å². The van der Waals surface area contributed by atoms with E-state index in [-0.39, 0.29) is 29.4 Å². The van der Waals surface area contributed by atoms with Gasteiger partial charge in [0.15, 0.2) is 0 Å². The number of alkyl halides is 3. The quantitative estimate of drug-likeness (QED) is 0.740. The number of amides is 1. The zero-order valence-electron chi connectivity index (χ0n) is 13.9. The second-order valence-electron chi connectivity index (χ2n) is 5.65. The number of carbonyl (C=O) groups excluding carboxylic acids is 1. The van der Waals surface area contributed by atoms with Crippen LogP contribution in [0.15, 0.2) is 40.9 Å². The predicted octanol–water partition coefficient (Wildman–Crippen LogP) is 3.72. The number of benzene rings is 1. The number of furan rings is 1. The molecule has 2 aromatic heterocycles. The summed E-state index contributed by atoms with van der Waals surface area (Å²) in [4.78, 5) is 15.9. The van der Waals surface area contributed by atoms with Crippen molar-refractivity contribution in [2.24, 2.45) is 5.73 Å². The first-order chi connectivity index (χ1) is 12.3. The van der Waals surface area contributed by atoms with Crippen molar-refractivity contribution in [2.45, 2.75) is 19.6 Å². The Bertz CT molecular complexity index is 947. The first-order valence-electron chi connectivity index (χ1n) is 7.91. The van der Waals surface area contributed by atoms with Gasteiger partial charge in [-0.05, 0) is 37.3 Å². The number of fused-ring (bicyclic) bond motifs is 1. The van der Waals surface area contributed by atoms with Crippen molar-refractivity contribution in [3.8, 4) is 11.3 Å². The van der Waals surface area contributed by atoms with E-state index in [1.807, 2.05) is 0 Å². The summed E-state index contributed by atoms with van der Waals surface area (Å²) in [5, 5.41) is 2.93. The lowest BCUT2D eigenvalue weighted by molar-refractivity contribution is -0.136. The smallest absolute Gasteiger partial charge is 0.420 e. The van der Waals surface area contributed by atoms with Gasteiger partial charge in [-0.2, -0.15) is 13.2 Å². The Balaban J connectivity index is 2.09. The third kappa shape index (κ3) is 3.41. The van der Waals surface area contributed by atoms with Gasteiger partial charge in [-0.15, -0.1) is 0 Å². The molecule has 0 saturated carbocycles.